The molecule has 0 heterocycles. The minimum atomic E-state index is -0.725. The molecule has 5 nitrogen and oxygen atoms in total. The van der Waals surface area contributed by atoms with Crippen molar-refractivity contribution in [2.75, 3.05) is 11.9 Å². The number of benzene rings is 2. The summed E-state index contributed by atoms with van der Waals surface area (Å²) in [6.45, 7) is 2.17. The highest BCUT2D eigenvalue weighted by Gasteiger charge is 2.19. The van der Waals surface area contributed by atoms with Crippen molar-refractivity contribution >= 4 is 11.4 Å². The van der Waals surface area contributed by atoms with Gasteiger partial charge in [0.15, 0.2) is 0 Å². The van der Waals surface area contributed by atoms with Crippen LogP contribution in [0.1, 0.15) is 24.2 Å². The zero-order valence-corrected chi connectivity index (χ0v) is 12.1. The number of rotatable bonds is 5. The maximum Gasteiger partial charge on any atom is 0.292 e. The molecule has 0 fully saturated rings. The first-order chi connectivity index (χ1) is 9.99. The van der Waals surface area contributed by atoms with E-state index in [9.17, 15) is 15.2 Å². The summed E-state index contributed by atoms with van der Waals surface area (Å²) in [6.07, 6.45) is -0.725. The minimum Gasteiger partial charge on any atom is -0.389 e. The molecule has 0 radical (unpaired) electrons. The maximum atomic E-state index is 11.3. The first-order valence-electron chi connectivity index (χ1n) is 6.70. The molecule has 0 amide bonds. The van der Waals surface area contributed by atoms with E-state index in [0.29, 0.717) is 17.8 Å². The van der Waals surface area contributed by atoms with Crippen LogP contribution in [0.15, 0.2) is 48.5 Å². The number of hydrogen-bond acceptors (Lipinski definition) is 4. The molecule has 0 aromatic heterocycles. The molecule has 0 spiro atoms. The number of aliphatic hydroxyl groups excluding tert-OH is 1. The smallest absolute Gasteiger partial charge is 0.292 e. The number of hydrogen-bond donors (Lipinski definition) is 1. The van der Waals surface area contributed by atoms with Gasteiger partial charge in [0, 0.05) is 19.7 Å². The SMILES string of the molecule is CC(O)c1ccc(N(C)Cc2ccccc2)c([N+](=O)[O-])c1. The average molecular weight is 286 g/mol. The Morgan fingerprint density at radius 2 is 1.90 bits per heavy atom. The van der Waals surface area contributed by atoms with Crippen molar-refractivity contribution in [1.82, 2.24) is 0 Å². The lowest BCUT2D eigenvalue weighted by Crippen LogP contribution is -2.17. The van der Waals surface area contributed by atoms with E-state index in [-0.39, 0.29) is 5.69 Å². The van der Waals surface area contributed by atoms with E-state index in [1.165, 1.54) is 6.07 Å². The maximum absolute atomic E-state index is 11.3. The van der Waals surface area contributed by atoms with Crippen LogP contribution in [0.25, 0.3) is 0 Å². The predicted octanol–water partition coefficient (Wildman–Crippen LogP) is 3.28. The molecule has 1 N–H and O–H groups in total. The molecule has 2 aromatic carbocycles. The van der Waals surface area contributed by atoms with Gasteiger partial charge in [-0.1, -0.05) is 36.4 Å². The lowest BCUT2D eigenvalue weighted by Gasteiger charge is -2.20. The fourth-order valence-corrected chi connectivity index (χ4v) is 2.21. The van der Waals surface area contributed by atoms with E-state index < -0.39 is 11.0 Å². The molecule has 1 unspecified atom stereocenters. The quantitative estimate of drug-likeness (QED) is 0.676. The number of anilines is 1. The van der Waals surface area contributed by atoms with Crippen LogP contribution in [0.2, 0.25) is 0 Å². The monoisotopic (exact) mass is 286 g/mol. The first-order valence-corrected chi connectivity index (χ1v) is 6.70. The number of nitro benzene ring substituents is 1. The molecule has 0 bridgehead atoms. The lowest BCUT2D eigenvalue weighted by atomic mass is 10.1. The van der Waals surface area contributed by atoms with Gasteiger partial charge in [-0.2, -0.15) is 0 Å². The average Bonchev–Trinajstić information content (AvgIpc) is 2.47. The third-order valence-electron chi connectivity index (χ3n) is 3.35. The molecule has 0 saturated carbocycles. The van der Waals surface area contributed by atoms with E-state index in [1.807, 2.05) is 42.3 Å². The Balaban J connectivity index is 2.32. The van der Waals surface area contributed by atoms with Crippen molar-refractivity contribution in [2.24, 2.45) is 0 Å². The van der Waals surface area contributed by atoms with Gasteiger partial charge in [0.25, 0.3) is 5.69 Å². The van der Waals surface area contributed by atoms with Crippen molar-refractivity contribution in [3.63, 3.8) is 0 Å². The van der Waals surface area contributed by atoms with Crippen LogP contribution in [0.5, 0.6) is 0 Å². The molecule has 1 atom stereocenters. The zero-order valence-electron chi connectivity index (χ0n) is 12.1. The lowest BCUT2D eigenvalue weighted by molar-refractivity contribution is -0.384. The minimum absolute atomic E-state index is 0.00633. The van der Waals surface area contributed by atoms with Crippen molar-refractivity contribution in [1.29, 1.82) is 0 Å². The summed E-state index contributed by atoms with van der Waals surface area (Å²) in [6, 6.07) is 14.6. The van der Waals surface area contributed by atoms with Crippen LogP contribution in [-0.4, -0.2) is 17.1 Å². The normalized spacial score (nSPS) is 12.0. The Morgan fingerprint density at radius 1 is 1.24 bits per heavy atom. The fourth-order valence-electron chi connectivity index (χ4n) is 2.21. The van der Waals surface area contributed by atoms with E-state index in [4.69, 9.17) is 0 Å². The Labute approximate surface area is 123 Å². The summed E-state index contributed by atoms with van der Waals surface area (Å²) in [4.78, 5) is 12.7. The molecule has 2 rings (SSSR count). The molecular weight excluding hydrogens is 268 g/mol. The number of nitro groups is 1. The predicted molar refractivity (Wildman–Crippen MR) is 82.3 cm³/mol. The van der Waals surface area contributed by atoms with Crippen LogP contribution < -0.4 is 4.90 Å². The van der Waals surface area contributed by atoms with Gasteiger partial charge >= 0.3 is 0 Å². The van der Waals surface area contributed by atoms with Crippen LogP contribution in [0.4, 0.5) is 11.4 Å². The molecular formula is C16H18N2O3. The Hall–Kier alpha value is -2.40. The van der Waals surface area contributed by atoms with Gasteiger partial charge in [-0.05, 0) is 24.1 Å². The molecule has 0 aliphatic carbocycles. The number of aliphatic hydroxyl groups is 1. The second-order valence-electron chi connectivity index (χ2n) is 5.02. The molecule has 0 aliphatic rings. The molecule has 5 heteroatoms. The Bertz CT molecular complexity index is 627. The Morgan fingerprint density at radius 3 is 2.48 bits per heavy atom. The first kappa shape index (κ1) is 15.0. The molecule has 21 heavy (non-hydrogen) atoms. The summed E-state index contributed by atoms with van der Waals surface area (Å²) >= 11 is 0. The van der Waals surface area contributed by atoms with Crippen LogP contribution in [-0.2, 0) is 6.54 Å². The van der Waals surface area contributed by atoms with Crippen molar-refractivity contribution in [3.8, 4) is 0 Å². The third kappa shape index (κ3) is 3.58. The van der Waals surface area contributed by atoms with Gasteiger partial charge in [-0.15, -0.1) is 0 Å². The van der Waals surface area contributed by atoms with Gasteiger partial charge < -0.3 is 10.0 Å². The summed E-state index contributed by atoms with van der Waals surface area (Å²) in [5.41, 5.74) is 2.16. The largest absolute Gasteiger partial charge is 0.389 e. The van der Waals surface area contributed by atoms with E-state index in [1.54, 1.807) is 19.1 Å². The van der Waals surface area contributed by atoms with Gasteiger partial charge in [-0.3, -0.25) is 10.1 Å². The highest BCUT2D eigenvalue weighted by atomic mass is 16.6. The second kappa shape index (κ2) is 6.37. The van der Waals surface area contributed by atoms with Gasteiger partial charge in [0.2, 0.25) is 0 Å². The topological polar surface area (TPSA) is 66.6 Å². The molecule has 0 aliphatic heterocycles. The van der Waals surface area contributed by atoms with E-state index in [2.05, 4.69) is 0 Å². The second-order valence-corrected chi connectivity index (χ2v) is 5.02. The van der Waals surface area contributed by atoms with Crippen LogP contribution in [0, 0.1) is 10.1 Å². The van der Waals surface area contributed by atoms with E-state index >= 15 is 0 Å². The van der Waals surface area contributed by atoms with Gasteiger partial charge in [0.1, 0.15) is 5.69 Å². The number of nitrogens with zero attached hydrogens (tertiary/aromatic N) is 2. The van der Waals surface area contributed by atoms with Crippen molar-refractivity contribution in [2.45, 2.75) is 19.6 Å². The standard InChI is InChI=1S/C16H18N2O3/c1-12(19)14-8-9-15(16(10-14)18(20)21)17(2)11-13-6-4-3-5-7-13/h3-10,12,19H,11H2,1-2H3. The van der Waals surface area contributed by atoms with Crippen LogP contribution in [0.3, 0.4) is 0 Å². The summed E-state index contributed by atoms with van der Waals surface area (Å²) < 4.78 is 0. The summed E-state index contributed by atoms with van der Waals surface area (Å²) in [7, 11) is 1.82. The third-order valence-corrected chi connectivity index (χ3v) is 3.35. The fraction of sp³-hybridized carbons (Fsp3) is 0.250. The molecule has 110 valence electrons. The van der Waals surface area contributed by atoms with Crippen molar-refractivity contribution in [3.05, 3.63) is 69.8 Å². The van der Waals surface area contributed by atoms with Gasteiger partial charge in [0.05, 0.1) is 11.0 Å². The van der Waals surface area contributed by atoms with Crippen LogP contribution >= 0.6 is 0 Å². The zero-order chi connectivity index (χ0) is 15.4. The molecule has 2 aromatic rings. The van der Waals surface area contributed by atoms with E-state index in [0.717, 1.165) is 5.56 Å². The van der Waals surface area contributed by atoms with Gasteiger partial charge in [-0.25, -0.2) is 0 Å². The summed E-state index contributed by atoms with van der Waals surface area (Å²) in [5.74, 6) is 0. The summed E-state index contributed by atoms with van der Waals surface area (Å²) in [5, 5.41) is 20.8. The van der Waals surface area contributed by atoms with Crippen molar-refractivity contribution < 1.29 is 10.0 Å². The highest BCUT2D eigenvalue weighted by Crippen LogP contribution is 2.31. The highest BCUT2D eigenvalue weighted by molar-refractivity contribution is 5.64. The Kier molecular flexibility index (Phi) is 4.55. The molecule has 0 saturated heterocycles.